The topological polar surface area (TPSA) is 132 Å². The Bertz CT molecular complexity index is 2720. The Labute approximate surface area is 379 Å². The molecule has 332 valence electrons. The number of aryl methyl sites for hydroxylation is 5. The average molecular weight is 896 g/mol. The molecule has 3 N–H and O–H groups in total. The van der Waals surface area contributed by atoms with Gasteiger partial charge in [-0.1, -0.05) is 29.3 Å². The number of ether oxygens (including phenoxy) is 3. The predicted octanol–water partition coefficient (Wildman–Crippen LogP) is 7.90. The molecule has 0 bridgehead atoms. The van der Waals surface area contributed by atoms with Gasteiger partial charge in [0, 0.05) is 85.9 Å². The normalized spacial score (nSPS) is 16.3. The Morgan fingerprint density at radius 1 is 1.02 bits per heavy atom. The molecule has 2 aliphatic heterocycles. The molecule has 0 spiro atoms. The summed E-state index contributed by atoms with van der Waals surface area (Å²) in [4.78, 5) is 28.7. The lowest BCUT2D eigenvalue weighted by molar-refractivity contribution is -0.732. The standard InChI is InChI=1S/C48H57Cl2N9O4/c1-29-23-35(24-30(2)44(29)50)63-19-8-9-36-37-11-12-39(49)43(42-32(4)54-55(6)33(42)5)45(37)59-31(3)26-58(48(60)46(36)59)41-27-57(16-15-56-17-21-62-22-18-56)40-13-10-34(25-38(40)41)47(51)53-28-52-14-20-61-7/h10-13,23-25,27-28,31H,8-9,14-22,26H2,1-7H3,(H2,51,52,53)/p+1/t31-/m1/s1. The number of amidine groups is 1. The number of aromatic nitrogens is 4. The molecule has 13 nitrogen and oxygen atoms in total. The fourth-order valence-corrected chi connectivity index (χ4v) is 9.65. The van der Waals surface area contributed by atoms with Gasteiger partial charge >= 0.3 is 0 Å². The van der Waals surface area contributed by atoms with E-state index in [9.17, 15) is 0 Å². The van der Waals surface area contributed by atoms with Crippen LogP contribution >= 0.6 is 23.2 Å². The van der Waals surface area contributed by atoms with Crippen LogP contribution in [0.5, 0.6) is 5.75 Å². The number of H-pyrrole nitrogens is 1. The van der Waals surface area contributed by atoms with Gasteiger partial charge in [-0.05, 0) is 93.6 Å². The molecule has 6 aromatic rings. The van der Waals surface area contributed by atoms with Crippen LogP contribution in [-0.2, 0) is 29.5 Å². The van der Waals surface area contributed by atoms with Crippen molar-refractivity contribution in [1.29, 1.82) is 0 Å². The Kier molecular flexibility index (Phi) is 13.3. The number of rotatable bonds is 15. The van der Waals surface area contributed by atoms with Gasteiger partial charge in [0.15, 0.2) is 7.05 Å². The number of carbonyl (C=O) groups excluding carboxylic acids is 1. The highest BCUT2D eigenvalue weighted by molar-refractivity contribution is 6.35. The fourth-order valence-electron chi connectivity index (χ4n) is 9.29. The second-order valence-electron chi connectivity index (χ2n) is 16.8. The number of nitrogens with zero attached hydrogens (tertiary/aromatic N) is 7. The van der Waals surface area contributed by atoms with E-state index in [1.807, 2.05) is 60.8 Å². The number of nitrogens with two attached hydrogens (primary N) is 1. The maximum absolute atomic E-state index is 15.6. The molecular formula is C48H58Cl2N9O4+. The summed E-state index contributed by atoms with van der Waals surface area (Å²) in [5.74, 6) is 1.05. The molecule has 0 saturated carbocycles. The van der Waals surface area contributed by atoms with Gasteiger partial charge in [-0.15, -0.1) is 4.68 Å². The van der Waals surface area contributed by atoms with Crippen LogP contribution in [0.1, 0.15) is 63.5 Å². The second-order valence-corrected chi connectivity index (χ2v) is 17.6. The molecule has 1 atom stereocenters. The number of nitrogens with one attached hydrogen (secondary N) is 1. The van der Waals surface area contributed by atoms with Gasteiger partial charge in [-0.2, -0.15) is 5.10 Å². The summed E-state index contributed by atoms with van der Waals surface area (Å²) >= 11 is 13.7. The minimum Gasteiger partial charge on any atom is -0.494 e. The molecule has 15 heteroatoms. The lowest BCUT2D eigenvalue weighted by Gasteiger charge is -2.34. The fraction of sp³-hybridized carbons (Fsp3) is 0.417. The van der Waals surface area contributed by atoms with Crippen molar-refractivity contribution in [1.82, 2.24) is 19.1 Å². The van der Waals surface area contributed by atoms with Gasteiger partial charge < -0.3 is 34.0 Å². The largest absolute Gasteiger partial charge is 0.494 e. The molecule has 0 aliphatic carbocycles. The molecular weight excluding hydrogens is 837 g/mol. The molecule has 3 aromatic carbocycles. The number of methoxy groups -OCH3 is 1. The van der Waals surface area contributed by atoms with Crippen LogP contribution in [0.15, 0.2) is 58.6 Å². The minimum atomic E-state index is -0.111. The SMILES string of the molecule is COCCN=CN=C(N)c1ccc2c(c1)c(N1C[C@@H](C)n3c(c(CCCOc4cc(C)c(Cl)c(C)c4)c4ccc(Cl)c(-c5c(C)[nH][n+](C)c5C)c43)C1=O)cn2CCN1CCOCC1. The van der Waals surface area contributed by atoms with Crippen molar-refractivity contribution < 1.29 is 23.7 Å². The van der Waals surface area contributed by atoms with Crippen molar-refractivity contribution in [2.24, 2.45) is 22.8 Å². The maximum Gasteiger partial charge on any atom is 0.275 e. The number of amides is 1. The number of halogens is 2. The Balaban J connectivity index is 1.23. The molecule has 0 radical (unpaired) electrons. The molecule has 5 heterocycles. The van der Waals surface area contributed by atoms with Crippen LogP contribution in [0.2, 0.25) is 10.0 Å². The van der Waals surface area contributed by atoms with E-state index in [0.717, 1.165) is 122 Å². The molecule has 1 saturated heterocycles. The number of anilines is 1. The first-order chi connectivity index (χ1) is 30.4. The first-order valence-corrected chi connectivity index (χ1v) is 22.5. The number of carbonyl (C=O) groups is 1. The summed E-state index contributed by atoms with van der Waals surface area (Å²) in [6, 6.07) is 14.0. The summed E-state index contributed by atoms with van der Waals surface area (Å²) < 4.78 is 23.6. The van der Waals surface area contributed by atoms with E-state index in [-0.39, 0.29) is 11.9 Å². The number of hydrogen-bond donors (Lipinski definition) is 2. The van der Waals surface area contributed by atoms with Crippen LogP contribution in [0.4, 0.5) is 5.69 Å². The van der Waals surface area contributed by atoms with Gasteiger partial charge in [0.1, 0.15) is 23.6 Å². The number of hydrogen-bond acceptors (Lipinski definition) is 6. The van der Waals surface area contributed by atoms with Crippen molar-refractivity contribution in [2.45, 2.75) is 60.0 Å². The highest BCUT2D eigenvalue weighted by atomic mass is 35.5. The molecule has 0 unspecified atom stereocenters. The summed E-state index contributed by atoms with van der Waals surface area (Å²) in [6.45, 7) is 17.1. The number of aliphatic imine (C=N–C) groups is 2. The number of fused-ring (bicyclic) bond motifs is 4. The molecule has 3 aromatic heterocycles. The van der Waals surface area contributed by atoms with Gasteiger partial charge in [0.25, 0.3) is 5.91 Å². The van der Waals surface area contributed by atoms with Crippen molar-refractivity contribution in [3.8, 4) is 16.9 Å². The Morgan fingerprint density at radius 3 is 2.49 bits per heavy atom. The summed E-state index contributed by atoms with van der Waals surface area (Å²) in [6.07, 6.45) is 4.90. The zero-order valence-electron chi connectivity index (χ0n) is 37.4. The zero-order chi connectivity index (χ0) is 44.5. The monoisotopic (exact) mass is 894 g/mol. The second kappa shape index (κ2) is 18.9. The Hall–Kier alpha value is -5.18. The van der Waals surface area contributed by atoms with E-state index in [1.165, 1.54) is 6.34 Å². The third-order valence-corrected chi connectivity index (χ3v) is 13.5. The van der Waals surface area contributed by atoms with Crippen molar-refractivity contribution in [3.63, 3.8) is 0 Å². The summed E-state index contributed by atoms with van der Waals surface area (Å²) in [5.41, 5.74) is 17.7. The van der Waals surface area contributed by atoms with Crippen molar-refractivity contribution >= 4 is 68.8 Å². The maximum atomic E-state index is 15.6. The van der Waals surface area contributed by atoms with E-state index in [2.05, 4.69) is 68.2 Å². The zero-order valence-corrected chi connectivity index (χ0v) is 38.9. The molecule has 63 heavy (non-hydrogen) atoms. The van der Waals surface area contributed by atoms with E-state index >= 15 is 4.79 Å². The molecule has 1 fully saturated rings. The minimum absolute atomic E-state index is 0.0659. The highest BCUT2D eigenvalue weighted by Crippen LogP contribution is 2.45. The van der Waals surface area contributed by atoms with Crippen LogP contribution in [0.25, 0.3) is 32.9 Å². The smallest absolute Gasteiger partial charge is 0.275 e. The van der Waals surface area contributed by atoms with Crippen LogP contribution < -0.4 is 20.1 Å². The van der Waals surface area contributed by atoms with Crippen molar-refractivity contribution in [2.75, 3.05) is 71.2 Å². The number of benzene rings is 3. The van der Waals surface area contributed by atoms with Gasteiger partial charge in [-0.25, -0.2) is 4.99 Å². The van der Waals surface area contributed by atoms with Crippen LogP contribution in [-0.4, -0.2) is 103 Å². The lowest BCUT2D eigenvalue weighted by Crippen LogP contribution is -2.42. The first kappa shape index (κ1) is 44.4. The van der Waals surface area contributed by atoms with E-state index in [1.54, 1.807) is 7.11 Å². The van der Waals surface area contributed by atoms with Gasteiger partial charge in [0.05, 0.1) is 66.0 Å². The summed E-state index contributed by atoms with van der Waals surface area (Å²) in [7, 11) is 3.64. The predicted molar refractivity (Wildman–Crippen MR) is 254 cm³/mol. The Morgan fingerprint density at radius 2 is 1.78 bits per heavy atom. The third-order valence-electron chi connectivity index (χ3n) is 12.5. The third kappa shape index (κ3) is 8.73. The molecule has 1 amide bonds. The van der Waals surface area contributed by atoms with Crippen molar-refractivity contribution in [3.05, 3.63) is 98.0 Å². The van der Waals surface area contributed by atoms with E-state index in [0.29, 0.717) is 55.7 Å². The quantitative estimate of drug-likeness (QED) is 0.0467. The molecule has 8 rings (SSSR count). The number of aromatic amines is 1. The molecule has 2 aliphatic rings. The summed E-state index contributed by atoms with van der Waals surface area (Å²) in [5, 5.41) is 6.78. The van der Waals surface area contributed by atoms with Gasteiger partial charge in [-0.3, -0.25) is 14.7 Å². The number of morpholine rings is 1. The first-order valence-electron chi connectivity index (χ1n) is 21.7. The van der Waals surface area contributed by atoms with E-state index in [4.69, 9.17) is 43.1 Å². The highest BCUT2D eigenvalue weighted by Gasteiger charge is 2.38. The van der Waals surface area contributed by atoms with E-state index < -0.39 is 0 Å². The van der Waals surface area contributed by atoms with Crippen LogP contribution in [0.3, 0.4) is 0 Å². The average Bonchev–Trinajstić information content (AvgIpc) is 3.89. The lowest BCUT2D eigenvalue weighted by atomic mass is 9.98. The van der Waals surface area contributed by atoms with Gasteiger partial charge in [0.2, 0.25) is 5.69 Å². The van der Waals surface area contributed by atoms with Crippen LogP contribution in [0, 0.1) is 27.7 Å².